The minimum atomic E-state index is -0.804. The molecule has 1 unspecified atom stereocenters. The normalized spacial score (nSPS) is 14.2. The third-order valence-electron chi connectivity index (χ3n) is 3.72. The zero-order valence-electron chi connectivity index (χ0n) is 14.8. The fraction of sp³-hybridized carbons (Fsp3) is 0.562. The van der Waals surface area contributed by atoms with Crippen molar-refractivity contribution in [2.45, 2.75) is 31.7 Å². The van der Waals surface area contributed by atoms with E-state index in [2.05, 4.69) is 20.1 Å². The van der Waals surface area contributed by atoms with Gasteiger partial charge in [0.25, 0.3) is 11.8 Å². The van der Waals surface area contributed by atoms with Gasteiger partial charge in [-0.3, -0.25) is 19.3 Å². The number of imide groups is 1. The fourth-order valence-electron chi connectivity index (χ4n) is 2.30. The molecule has 0 aromatic carbocycles. The van der Waals surface area contributed by atoms with Crippen LogP contribution in [0.15, 0.2) is 12.2 Å². The second-order valence-electron chi connectivity index (χ2n) is 5.48. The Labute approximate surface area is 150 Å². The predicted molar refractivity (Wildman–Crippen MR) is 89.1 cm³/mol. The lowest BCUT2D eigenvalue weighted by atomic mass is 10.0. The van der Waals surface area contributed by atoms with Gasteiger partial charge in [-0.1, -0.05) is 0 Å². The number of carbonyl (C=O) groups excluding carboxylic acids is 5. The van der Waals surface area contributed by atoms with E-state index in [4.69, 9.17) is 0 Å². The van der Waals surface area contributed by atoms with E-state index in [1.165, 1.54) is 14.2 Å². The molecular formula is C16H23N3O7. The second-order valence-corrected chi connectivity index (χ2v) is 5.48. The summed E-state index contributed by atoms with van der Waals surface area (Å²) in [6, 6.07) is -0.804. The molecule has 0 saturated heterocycles. The van der Waals surface area contributed by atoms with E-state index in [1.807, 2.05) is 0 Å². The van der Waals surface area contributed by atoms with E-state index in [1.54, 1.807) is 0 Å². The first-order valence-electron chi connectivity index (χ1n) is 8.11. The average Bonchev–Trinajstić information content (AvgIpc) is 2.95. The molecule has 0 radical (unpaired) electrons. The quantitative estimate of drug-likeness (QED) is 0.413. The molecule has 26 heavy (non-hydrogen) atoms. The Hall–Kier alpha value is -2.91. The molecule has 4 amide bonds. The van der Waals surface area contributed by atoms with Gasteiger partial charge in [0.15, 0.2) is 5.78 Å². The number of hydrogen-bond donors (Lipinski definition) is 2. The summed E-state index contributed by atoms with van der Waals surface area (Å²) in [5.41, 5.74) is 0. The maximum atomic E-state index is 12.4. The Kier molecular flexibility index (Phi) is 8.82. The summed E-state index contributed by atoms with van der Waals surface area (Å²) >= 11 is 0. The van der Waals surface area contributed by atoms with Crippen molar-refractivity contribution in [1.29, 1.82) is 0 Å². The minimum absolute atomic E-state index is 0.0489. The number of amides is 4. The Bertz CT molecular complexity index is 570. The Morgan fingerprint density at radius 3 is 2.23 bits per heavy atom. The molecule has 0 aliphatic carbocycles. The molecule has 1 atom stereocenters. The number of unbranched alkanes of at least 4 members (excludes halogenated alkanes) is 1. The zero-order valence-corrected chi connectivity index (χ0v) is 14.8. The SMILES string of the molecule is COC(=O)NCCCCC(NC(=O)OC)C(=O)CCN1C(=O)C=CC1=O. The summed E-state index contributed by atoms with van der Waals surface area (Å²) < 4.78 is 8.95. The van der Waals surface area contributed by atoms with Crippen LogP contribution < -0.4 is 10.6 Å². The molecule has 1 aliphatic heterocycles. The van der Waals surface area contributed by atoms with Crippen molar-refractivity contribution in [3.63, 3.8) is 0 Å². The molecule has 144 valence electrons. The molecule has 0 saturated carbocycles. The number of nitrogens with zero attached hydrogens (tertiary/aromatic N) is 1. The number of hydrogen-bond acceptors (Lipinski definition) is 7. The van der Waals surface area contributed by atoms with Crippen LogP contribution in [-0.2, 0) is 23.9 Å². The van der Waals surface area contributed by atoms with Crippen molar-refractivity contribution in [3.8, 4) is 0 Å². The van der Waals surface area contributed by atoms with Crippen LogP contribution in [0.3, 0.4) is 0 Å². The number of alkyl carbamates (subject to hydrolysis) is 2. The number of ether oxygens (including phenoxy) is 2. The zero-order chi connectivity index (χ0) is 19.5. The fourth-order valence-corrected chi connectivity index (χ4v) is 2.30. The summed E-state index contributed by atoms with van der Waals surface area (Å²) in [6.45, 7) is 0.320. The largest absolute Gasteiger partial charge is 0.453 e. The molecular weight excluding hydrogens is 346 g/mol. The van der Waals surface area contributed by atoms with Gasteiger partial charge in [0, 0.05) is 31.7 Å². The third-order valence-corrected chi connectivity index (χ3v) is 3.72. The summed E-state index contributed by atoms with van der Waals surface area (Å²) in [5, 5.41) is 4.96. The molecule has 0 aromatic rings. The molecule has 1 rings (SSSR count). The van der Waals surface area contributed by atoms with Crippen LogP contribution in [0.1, 0.15) is 25.7 Å². The van der Waals surface area contributed by atoms with E-state index in [-0.39, 0.29) is 18.7 Å². The molecule has 10 nitrogen and oxygen atoms in total. The van der Waals surface area contributed by atoms with Crippen LogP contribution in [-0.4, -0.2) is 68.0 Å². The van der Waals surface area contributed by atoms with E-state index < -0.39 is 30.0 Å². The van der Waals surface area contributed by atoms with E-state index in [0.29, 0.717) is 25.8 Å². The highest BCUT2D eigenvalue weighted by Gasteiger charge is 2.26. The highest BCUT2D eigenvalue weighted by Crippen LogP contribution is 2.09. The lowest BCUT2D eigenvalue weighted by Gasteiger charge is -2.19. The third kappa shape index (κ3) is 6.91. The van der Waals surface area contributed by atoms with Crippen LogP contribution in [0, 0.1) is 0 Å². The van der Waals surface area contributed by atoms with Crippen LogP contribution in [0.4, 0.5) is 9.59 Å². The average molecular weight is 369 g/mol. The summed E-state index contributed by atoms with van der Waals surface area (Å²) in [4.78, 5) is 58.7. The van der Waals surface area contributed by atoms with Crippen molar-refractivity contribution in [2.75, 3.05) is 27.3 Å². The summed E-state index contributed by atoms with van der Waals surface area (Å²) in [7, 11) is 2.44. The molecule has 0 spiro atoms. The molecule has 1 heterocycles. The monoisotopic (exact) mass is 369 g/mol. The lowest BCUT2D eigenvalue weighted by molar-refractivity contribution is -0.137. The lowest BCUT2D eigenvalue weighted by Crippen LogP contribution is -2.42. The van der Waals surface area contributed by atoms with Gasteiger partial charge in [-0.2, -0.15) is 0 Å². The smallest absolute Gasteiger partial charge is 0.407 e. The molecule has 10 heteroatoms. The number of methoxy groups -OCH3 is 2. The van der Waals surface area contributed by atoms with Gasteiger partial charge < -0.3 is 20.1 Å². The van der Waals surface area contributed by atoms with Crippen LogP contribution in [0.5, 0.6) is 0 Å². The highest BCUT2D eigenvalue weighted by molar-refractivity contribution is 6.13. The van der Waals surface area contributed by atoms with E-state index in [0.717, 1.165) is 17.1 Å². The van der Waals surface area contributed by atoms with E-state index >= 15 is 0 Å². The number of rotatable bonds is 10. The molecule has 1 aliphatic rings. The number of Topliss-reactive ketones (excluding diaryl/α,β-unsaturated/α-hetero) is 1. The van der Waals surface area contributed by atoms with Crippen molar-refractivity contribution < 1.29 is 33.4 Å². The van der Waals surface area contributed by atoms with Crippen molar-refractivity contribution in [1.82, 2.24) is 15.5 Å². The standard InChI is InChI=1S/C16H23N3O7/c1-25-15(23)17-9-4-3-5-11(18-16(24)26-2)12(20)8-10-19-13(21)6-7-14(19)22/h6-7,11H,3-5,8-10H2,1-2H3,(H,17,23)(H,18,24). The molecule has 0 bridgehead atoms. The van der Waals surface area contributed by atoms with Gasteiger partial charge in [-0.05, 0) is 19.3 Å². The highest BCUT2D eigenvalue weighted by atomic mass is 16.5. The molecule has 0 fully saturated rings. The first kappa shape index (κ1) is 21.1. The van der Waals surface area contributed by atoms with Crippen LogP contribution in [0.25, 0.3) is 0 Å². The molecule has 0 aromatic heterocycles. The first-order valence-corrected chi connectivity index (χ1v) is 8.11. The van der Waals surface area contributed by atoms with Gasteiger partial charge in [-0.15, -0.1) is 0 Å². The van der Waals surface area contributed by atoms with Gasteiger partial charge in [0.2, 0.25) is 0 Å². The van der Waals surface area contributed by atoms with Crippen LogP contribution >= 0.6 is 0 Å². The maximum Gasteiger partial charge on any atom is 0.407 e. The predicted octanol–water partition coefficient (Wildman–Crippen LogP) is 0.122. The van der Waals surface area contributed by atoms with Crippen molar-refractivity contribution in [2.24, 2.45) is 0 Å². The first-order chi connectivity index (χ1) is 12.4. The van der Waals surface area contributed by atoms with Gasteiger partial charge >= 0.3 is 12.2 Å². The van der Waals surface area contributed by atoms with Crippen molar-refractivity contribution >= 4 is 29.8 Å². The van der Waals surface area contributed by atoms with Crippen LogP contribution in [0.2, 0.25) is 0 Å². The minimum Gasteiger partial charge on any atom is -0.453 e. The number of ketones is 1. The second kappa shape index (κ2) is 10.9. The van der Waals surface area contributed by atoms with Crippen molar-refractivity contribution in [3.05, 3.63) is 12.2 Å². The van der Waals surface area contributed by atoms with Gasteiger partial charge in [-0.25, -0.2) is 9.59 Å². The van der Waals surface area contributed by atoms with Gasteiger partial charge in [0.1, 0.15) is 0 Å². The summed E-state index contributed by atoms with van der Waals surface area (Å²) in [5.74, 6) is -1.24. The molecule has 2 N–H and O–H groups in total. The maximum absolute atomic E-state index is 12.4. The summed E-state index contributed by atoms with van der Waals surface area (Å²) in [6.07, 6.45) is 2.38. The topological polar surface area (TPSA) is 131 Å². The Balaban J connectivity index is 2.46. The Morgan fingerprint density at radius 2 is 1.65 bits per heavy atom. The Morgan fingerprint density at radius 1 is 1.04 bits per heavy atom. The number of nitrogens with one attached hydrogen (secondary N) is 2. The van der Waals surface area contributed by atoms with Gasteiger partial charge in [0.05, 0.1) is 20.3 Å². The van der Waals surface area contributed by atoms with E-state index in [9.17, 15) is 24.0 Å². The number of carbonyl (C=O) groups is 5.